The number of carbonyl (C=O) groups is 1. The second kappa shape index (κ2) is 7.84. The van der Waals surface area contributed by atoms with Gasteiger partial charge < -0.3 is 20.1 Å². The monoisotopic (exact) mass is 286 g/mol. The molecule has 5 nitrogen and oxygen atoms in total. The molecule has 1 aliphatic heterocycles. The van der Waals surface area contributed by atoms with Crippen LogP contribution < -0.4 is 5.32 Å². The number of nitrogens with zero attached hydrogens (tertiary/aromatic N) is 1. The van der Waals surface area contributed by atoms with Crippen LogP contribution in [0.4, 0.5) is 4.79 Å². The first-order valence-corrected chi connectivity index (χ1v) is 7.70. The lowest BCUT2D eigenvalue weighted by Gasteiger charge is -2.26. The van der Waals surface area contributed by atoms with Crippen LogP contribution in [0.2, 0.25) is 0 Å². The first-order valence-electron chi connectivity index (χ1n) is 7.70. The van der Waals surface area contributed by atoms with Crippen LogP contribution in [-0.2, 0) is 4.74 Å². The van der Waals surface area contributed by atoms with Gasteiger partial charge in [0, 0.05) is 25.2 Å². The van der Waals surface area contributed by atoms with E-state index >= 15 is 0 Å². The Morgan fingerprint density at radius 3 is 2.65 bits per heavy atom. The zero-order chi connectivity index (χ0) is 15.2. The number of aliphatic hydroxyl groups excluding tert-OH is 1. The van der Waals surface area contributed by atoms with E-state index in [1.54, 1.807) is 4.90 Å². The molecule has 1 fully saturated rings. The predicted molar refractivity (Wildman–Crippen MR) is 79.7 cm³/mol. The molecule has 0 aliphatic carbocycles. The normalized spacial score (nSPS) is 22.2. The van der Waals surface area contributed by atoms with Crippen molar-refractivity contribution in [1.29, 1.82) is 0 Å². The van der Waals surface area contributed by atoms with Crippen LogP contribution >= 0.6 is 0 Å². The molecular formula is C15H30N2O3. The standard InChI is InChI=1S/C15H30N2O3/c1-5-12(11-18)16-13-7-6-9-17(10-8-13)14(19)20-15(2,3)4/h12-13,16,18H,5-11H2,1-4H3/t12-,13?/m0/s1. The Labute approximate surface area is 122 Å². The predicted octanol–water partition coefficient (Wildman–Crippen LogP) is 2.14. The minimum absolute atomic E-state index is 0.160. The van der Waals surface area contributed by atoms with E-state index in [2.05, 4.69) is 12.2 Å². The molecule has 1 aliphatic rings. The van der Waals surface area contributed by atoms with E-state index in [4.69, 9.17) is 4.74 Å². The Morgan fingerprint density at radius 1 is 1.40 bits per heavy atom. The highest BCUT2D eigenvalue weighted by Gasteiger charge is 2.25. The third kappa shape index (κ3) is 6.09. The highest BCUT2D eigenvalue weighted by molar-refractivity contribution is 5.68. The zero-order valence-electron chi connectivity index (χ0n) is 13.3. The minimum Gasteiger partial charge on any atom is -0.444 e. The molecule has 1 rings (SSSR count). The summed E-state index contributed by atoms with van der Waals surface area (Å²) < 4.78 is 5.42. The molecule has 1 heterocycles. The summed E-state index contributed by atoms with van der Waals surface area (Å²) in [6.07, 6.45) is 3.62. The van der Waals surface area contributed by atoms with Crippen molar-refractivity contribution in [3.63, 3.8) is 0 Å². The van der Waals surface area contributed by atoms with Crippen molar-refractivity contribution in [1.82, 2.24) is 10.2 Å². The molecule has 118 valence electrons. The number of rotatable bonds is 4. The second-order valence-corrected chi connectivity index (χ2v) is 6.55. The third-order valence-electron chi connectivity index (χ3n) is 3.56. The van der Waals surface area contributed by atoms with Gasteiger partial charge in [0.15, 0.2) is 0 Å². The first kappa shape index (κ1) is 17.2. The van der Waals surface area contributed by atoms with Crippen molar-refractivity contribution in [2.24, 2.45) is 0 Å². The van der Waals surface area contributed by atoms with Gasteiger partial charge in [0.2, 0.25) is 0 Å². The summed E-state index contributed by atoms with van der Waals surface area (Å²) in [4.78, 5) is 13.8. The van der Waals surface area contributed by atoms with E-state index in [9.17, 15) is 9.90 Å². The summed E-state index contributed by atoms with van der Waals surface area (Å²) in [6.45, 7) is 9.37. The number of hydrogen-bond donors (Lipinski definition) is 2. The highest BCUT2D eigenvalue weighted by Crippen LogP contribution is 2.16. The van der Waals surface area contributed by atoms with Gasteiger partial charge in [-0.2, -0.15) is 0 Å². The maximum Gasteiger partial charge on any atom is 0.410 e. The lowest BCUT2D eigenvalue weighted by Crippen LogP contribution is -2.41. The summed E-state index contributed by atoms with van der Waals surface area (Å²) in [5.74, 6) is 0. The van der Waals surface area contributed by atoms with E-state index in [0.29, 0.717) is 12.6 Å². The van der Waals surface area contributed by atoms with Crippen LogP contribution in [0.25, 0.3) is 0 Å². The Morgan fingerprint density at radius 2 is 2.10 bits per heavy atom. The van der Waals surface area contributed by atoms with Crippen molar-refractivity contribution in [2.75, 3.05) is 19.7 Å². The summed E-state index contributed by atoms with van der Waals surface area (Å²) in [5.41, 5.74) is -0.439. The third-order valence-corrected chi connectivity index (χ3v) is 3.56. The van der Waals surface area contributed by atoms with Crippen LogP contribution in [0.1, 0.15) is 53.4 Å². The molecule has 0 aromatic carbocycles. The zero-order valence-corrected chi connectivity index (χ0v) is 13.3. The van der Waals surface area contributed by atoms with Crippen molar-refractivity contribution in [3.05, 3.63) is 0 Å². The molecule has 0 radical (unpaired) electrons. The molecular weight excluding hydrogens is 256 g/mol. The number of ether oxygens (including phenoxy) is 1. The molecule has 5 heteroatoms. The fourth-order valence-corrected chi connectivity index (χ4v) is 2.41. The van der Waals surface area contributed by atoms with Crippen LogP contribution in [0.15, 0.2) is 0 Å². The number of hydrogen-bond acceptors (Lipinski definition) is 4. The molecule has 20 heavy (non-hydrogen) atoms. The van der Waals surface area contributed by atoms with Gasteiger partial charge in [-0.15, -0.1) is 0 Å². The van der Waals surface area contributed by atoms with Gasteiger partial charge in [-0.1, -0.05) is 6.92 Å². The fourth-order valence-electron chi connectivity index (χ4n) is 2.41. The lowest BCUT2D eigenvalue weighted by molar-refractivity contribution is 0.0255. The van der Waals surface area contributed by atoms with E-state index in [-0.39, 0.29) is 18.7 Å². The maximum atomic E-state index is 12.1. The number of amides is 1. The number of likely N-dealkylation sites (tertiary alicyclic amines) is 1. The topological polar surface area (TPSA) is 61.8 Å². The van der Waals surface area contributed by atoms with Crippen LogP contribution in [0.5, 0.6) is 0 Å². The van der Waals surface area contributed by atoms with E-state index in [1.807, 2.05) is 20.8 Å². The fraction of sp³-hybridized carbons (Fsp3) is 0.933. The van der Waals surface area contributed by atoms with Crippen LogP contribution in [0.3, 0.4) is 0 Å². The Hall–Kier alpha value is -0.810. The molecule has 1 saturated heterocycles. The van der Waals surface area contributed by atoms with Gasteiger partial charge in [0.25, 0.3) is 0 Å². The summed E-state index contributed by atoms with van der Waals surface area (Å²) >= 11 is 0. The Balaban J connectivity index is 2.44. The van der Waals surface area contributed by atoms with E-state index < -0.39 is 5.60 Å². The van der Waals surface area contributed by atoms with Gasteiger partial charge in [-0.3, -0.25) is 0 Å². The SMILES string of the molecule is CC[C@@H](CO)NC1CCCN(C(=O)OC(C)(C)C)CC1. The van der Waals surface area contributed by atoms with Crippen molar-refractivity contribution < 1.29 is 14.6 Å². The maximum absolute atomic E-state index is 12.1. The van der Waals surface area contributed by atoms with Crippen molar-refractivity contribution in [3.8, 4) is 0 Å². The minimum atomic E-state index is -0.439. The van der Waals surface area contributed by atoms with Gasteiger partial charge >= 0.3 is 6.09 Å². The molecule has 0 bridgehead atoms. The Kier molecular flexibility index (Phi) is 6.76. The van der Waals surface area contributed by atoms with E-state index in [0.717, 1.165) is 32.2 Å². The van der Waals surface area contributed by atoms with Gasteiger partial charge in [-0.05, 0) is 46.5 Å². The number of carbonyl (C=O) groups excluding carboxylic acids is 1. The highest BCUT2D eigenvalue weighted by atomic mass is 16.6. The summed E-state index contributed by atoms with van der Waals surface area (Å²) in [6, 6.07) is 0.535. The van der Waals surface area contributed by atoms with Crippen molar-refractivity contribution >= 4 is 6.09 Å². The molecule has 0 aromatic heterocycles. The number of aliphatic hydroxyl groups is 1. The molecule has 2 atom stereocenters. The van der Waals surface area contributed by atoms with Gasteiger partial charge in [0.05, 0.1) is 6.61 Å². The molecule has 1 unspecified atom stereocenters. The molecule has 0 saturated carbocycles. The van der Waals surface area contributed by atoms with E-state index in [1.165, 1.54) is 0 Å². The lowest BCUT2D eigenvalue weighted by atomic mass is 10.1. The molecule has 0 aromatic rings. The first-order chi connectivity index (χ1) is 9.35. The molecule has 1 amide bonds. The summed E-state index contributed by atoms with van der Waals surface area (Å²) in [7, 11) is 0. The van der Waals surface area contributed by atoms with Crippen molar-refractivity contribution in [2.45, 2.75) is 71.1 Å². The quantitative estimate of drug-likeness (QED) is 0.831. The molecule has 0 spiro atoms. The average molecular weight is 286 g/mol. The second-order valence-electron chi connectivity index (χ2n) is 6.55. The van der Waals surface area contributed by atoms with Crippen LogP contribution in [-0.4, -0.2) is 53.5 Å². The van der Waals surface area contributed by atoms with Gasteiger partial charge in [0.1, 0.15) is 5.60 Å². The smallest absolute Gasteiger partial charge is 0.410 e. The summed E-state index contributed by atoms with van der Waals surface area (Å²) in [5, 5.41) is 12.7. The Bertz CT molecular complexity index is 298. The average Bonchev–Trinajstić information content (AvgIpc) is 2.59. The van der Waals surface area contributed by atoms with Crippen LogP contribution in [0, 0.1) is 0 Å². The molecule has 2 N–H and O–H groups in total. The largest absolute Gasteiger partial charge is 0.444 e. The van der Waals surface area contributed by atoms with Gasteiger partial charge in [-0.25, -0.2) is 4.79 Å². The number of nitrogens with one attached hydrogen (secondary N) is 1.